The summed E-state index contributed by atoms with van der Waals surface area (Å²) in [5.41, 5.74) is 0. The van der Waals surface area contributed by atoms with Crippen LogP contribution in [0.5, 0.6) is 0 Å². The summed E-state index contributed by atoms with van der Waals surface area (Å²) in [4.78, 5) is 36.6. The van der Waals surface area contributed by atoms with Crippen LogP contribution in [0.2, 0.25) is 0 Å². The molecule has 0 aliphatic carbocycles. The fourth-order valence-corrected chi connectivity index (χ4v) is 5.17. The van der Waals surface area contributed by atoms with Crippen molar-refractivity contribution in [1.82, 2.24) is 0 Å². The summed E-state index contributed by atoms with van der Waals surface area (Å²) in [6.07, 6.45) is 38.5. The number of likely N-dealkylation sites (N-methyl/N-ethyl adjacent to an activating group) is 1. The first-order valence-electron chi connectivity index (χ1n) is 19.3. The van der Waals surface area contributed by atoms with Crippen molar-refractivity contribution in [2.75, 3.05) is 41.0 Å². The molecule has 0 aliphatic heterocycles. The van der Waals surface area contributed by atoms with Crippen LogP contribution in [0.4, 0.5) is 0 Å². The summed E-state index contributed by atoms with van der Waals surface area (Å²) in [5.74, 6) is -1.53. The highest BCUT2D eigenvalue weighted by molar-refractivity contribution is 5.72. The Hall–Kier alpha value is -2.97. The smallest absolute Gasteiger partial charge is 0.362 e. The zero-order valence-electron chi connectivity index (χ0n) is 32.3. The Kier molecular flexibility index (Phi) is 31.2. The summed E-state index contributed by atoms with van der Waals surface area (Å²) in [6, 6.07) is -0.618. The predicted molar refractivity (Wildman–Crippen MR) is 206 cm³/mol. The van der Waals surface area contributed by atoms with Gasteiger partial charge < -0.3 is 23.8 Å². The first-order chi connectivity index (χ1) is 24.1. The lowest BCUT2D eigenvalue weighted by Gasteiger charge is -2.31. The number of aliphatic carboxylic acids is 1. The van der Waals surface area contributed by atoms with Crippen LogP contribution in [0.1, 0.15) is 136 Å². The van der Waals surface area contributed by atoms with E-state index in [0.29, 0.717) is 19.3 Å². The maximum atomic E-state index is 12.5. The third kappa shape index (κ3) is 31.0. The maximum Gasteiger partial charge on any atom is 0.362 e. The van der Waals surface area contributed by atoms with Crippen LogP contribution < -0.4 is 0 Å². The van der Waals surface area contributed by atoms with Crippen LogP contribution in [0, 0.1) is 0 Å². The number of carbonyl (C=O) groups is 3. The number of hydrogen-bond acceptors (Lipinski definition) is 6. The van der Waals surface area contributed by atoms with E-state index >= 15 is 0 Å². The quantitative estimate of drug-likeness (QED) is 0.0315. The van der Waals surface area contributed by atoms with Gasteiger partial charge in [-0.1, -0.05) is 120 Å². The van der Waals surface area contributed by atoms with Crippen LogP contribution in [0.15, 0.2) is 60.8 Å². The Balaban J connectivity index is 4.37. The highest BCUT2D eigenvalue weighted by Crippen LogP contribution is 2.12. The maximum absolute atomic E-state index is 12.5. The lowest BCUT2D eigenvalue weighted by atomic mass is 10.1. The molecular weight excluding hydrogens is 630 g/mol. The molecule has 0 aromatic carbocycles. The van der Waals surface area contributed by atoms with Gasteiger partial charge in [0.25, 0.3) is 0 Å². The number of quaternary nitrogens is 1. The highest BCUT2D eigenvalue weighted by Gasteiger charge is 2.31. The molecule has 0 saturated carbocycles. The van der Waals surface area contributed by atoms with Crippen molar-refractivity contribution in [3.05, 3.63) is 60.8 Å². The van der Waals surface area contributed by atoms with E-state index in [9.17, 15) is 19.5 Å². The normalized spacial score (nSPS) is 13.7. The number of esters is 2. The second-order valence-electron chi connectivity index (χ2n) is 13.8. The zero-order chi connectivity index (χ0) is 37.1. The fourth-order valence-electron chi connectivity index (χ4n) is 5.17. The number of hydrogen-bond donors (Lipinski definition) is 1. The molecule has 1 N–H and O–H groups in total. The van der Waals surface area contributed by atoms with Crippen LogP contribution in [0.25, 0.3) is 0 Å². The highest BCUT2D eigenvalue weighted by atomic mass is 16.6. The molecule has 0 aromatic heterocycles. The number of carbonyl (C=O) groups excluding carboxylic acids is 2. The minimum atomic E-state index is -0.884. The van der Waals surface area contributed by atoms with Gasteiger partial charge in [0.1, 0.15) is 6.61 Å². The lowest BCUT2D eigenvalue weighted by molar-refractivity contribution is -0.887. The van der Waals surface area contributed by atoms with E-state index in [1.165, 1.54) is 25.7 Å². The third-order valence-corrected chi connectivity index (χ3v) is 8.18. The van der Waals surface area contributed by atoms with E-state index in [4.69, 9.17) is 14.2 Å². The summed E-state index contributed by atoms with van der Waals surface area (Å²) in [5, 5.41) is 9.56. The summed E-state index contributed by atoms with van der Waals surface area (Å²) >= 11 is 0. The number of ether oxygens (including phenoxy) is 3. The van der Waals surface area contributed by atoms with Crippen LogP contribution in [-0.4, -0.2) is 80.6 Å². The topological polar surface area (TPSA) is 99.1 Å². The first kappa shape index (κ1) is 47.0. The van der Waals surface area contributed by atoms with Gasteiger partial charge >= 0.3 is 17.9 Å². The molecule has 8 heteroatoms. The van der Waals surface area contributed by atoms with E-state index < -0.39 is 18.1 Å². The average Bonchev–Trinajstić information content (AvgIpc) is 3.06. The van der Waals surface area contributed by atoms with Gasteiger partial charge in [-0.3, -0.25) is 9.59 Å². The average molecular weight is 703 g/mol. The van der Waals surface area contributed by atoms with E-state index in [1.807, 2.05) is 21.1 Å². The van der Waals surface area contributed by atoms with Gasteiger partial charge in [-0.05, 0) is 57.8 Å². The largest absolute Gasteiger partial charge is 0.477 e. The number of unbranched alkanes of at least 4 members (excludes halogenated alkanes) is 9. The Morgan fingerprint density at radius 2 is 1.12 bits per heavy atom. The van der Waals surface area contributed by atoms with Gasteiger partial charge in [0.05, 0.1) is 34.4 Å². The van der Waals surface area contributed by atoms with E-state index in [1.54, 1.807) is 0 Å². The van der Waals surface area contributed by atoms with Gasteiger partial charge in [0.2, 0.25) is 0 Å². The van der Waals surface area contributed by atoms with Gasteiger partial charge in [0.15, 0.2) is 12.1 Å². The molecule has 0 amide bonds. The monoisotopic (exact) mass is 703 g/mol. The van der Waals surface area contributed by atoms with Crippen molar-refractivity contribution in [2.45, 2.75) is 148 Å². The second-order valence-corrected chi connectivity index (χ2v) is 13.8. The number of carboxylic acids is 1. The van der Waals surface area contributed by atoms with Crippen molar-refractivity contribution in [2.24, 2.45) is 0 Å². The van der Waals surface area contributed by atoms with Crippen molar-refractivity contribution < 1.29 is 38.2 Å². The molecule has 2 unspecified atom stereocenters. The molecule has 0 aliphatic rings. The molecule has 0 rings (SSSR count). The molecule has 0 heterocycles. The molecule has 50 heavy (non-hydrogen) atoms. The number of rotatable bonds is 33. The molecule has 8 nitrogen and oxygen atoms in total. The molecule has 0 spiro atoms. The minimum Gasteiger partial charge on any atom is -0.477 e. The Labute approximate surface area is 305 Å². The molecule has 0 bridgehead atoms. The standard InChI is InChI=1S/C42H71NO7/c1-6-8-10-12-14-15-16-17-18-19-20-21-22-23-24-25-27-28-30-32-40(44)49-37-38(36-48-35-34-39(42(46)47)43(3,4)5)50-41(45)33-31-29-26-13-11-9-7-2/h8,10,14-15,17-18,20-21,23-24,38-39H,6-7,9,11-13,16,19,22,25-37H2,1-5H3/p+1/b10-8+,15-14+,18-17+,21-20+,24-23+. The lowest BCUT2D eigenvalue weighted by Crippen LogP contribution is -2.50. The molecule has 0 saturated heterocycles. The SMILES string of the molecule is CC/C=C/C/C=C/C/C=C/C/C=C/C/C=C/CCCCCC(=O)OCC(COCCC(C(=O)O)[N+](C)(C)C)OC(=O)CCCCCCCCC. The first-order valence-corrected chi connectivity index (χ1v) is 19.3. The Morgan fingerprint density at radius 1 is 0.620 bits per heavy atom. The summed E-state index contributed by atoms with van der Waals surface area (Å²) in [7, 11) is 5.49. The molecule has 0 radical (unpaired) electrons. The number of carboxylic acid groups (broad SMARTS) is 1. The second kappa shape index (κ2) is 33.2. The molecule has 2 atom stereocenters. The zero-order valence-corrected chi connectivity index (χ0v) is 32.3. The Bertz CT molecular complexity index is 1010. The Morgan fingerprint density at radius 3 is 1.66 bits per heavy atom. The van der Waals surface area contributed by atoms with Crippen LogP contribution in [-0.2, 0) is 28.6 Å². The third-order valence-electron chi connectivity index (χ3n) is 8.18. The van der Waals surface area contributed by atoms with Gasteiger partial charge in [-0.2, -0.15) is 0 Å². The van der Waals surface area contributed by atoms with Crippen molar-refractivity contribution >= 4 is 17.9 Å². The van der Waals surface area contributed by atoms with E-state index in [-0.39, 0.29) is 36.2 Å². The van der Waals surface area contributed by atoms with Gasteiger partial charge in [-0.15, -0.1) is 0 Å². The molecule has 0 aromatic rings. The fraction of sp³-hybridized carbons (Fsp3) is 0.690. The summed E-state index contributed by atoms with van der Waals surface area (Å²) < 4.78 is 17.1. The number of allylic oxidation sites excluding steroid dienone is 10. The van der Waals surface area contributed by atoms with E-state index in [0.717, 1.165) is 77.0 Å². The van der Waals surface area contributed by atoms with Crippen LogP contribution in [0.3, 0.4) is 0 Å². The molecular formula is C42H72NO7+. The predicted octanol–water partition coefficient (Wildman–Crippen LogP) is 9.85. The summed E-state index contributed by atoms with van der Waals surface area (Å²) in [6.45, 7) is 4.51. The molecule has 0 fully saturated rings. The van der Waals surface area contributed by atoms with Crippen LogP contribution >= 0.6 is 0 Å². The van der Waals surface area contributed by atoms with Gasteiger partial charge in [-0.25, -0.2) is 4.79 Å². The van der Waals surface area contributed by atoms with Gasteiger partial charge in [0, 0.05) is 19.3 Å². The van der Waals surface area contributed by atoms with Crippen molar-refractivity contribution in [1.29, 1.82) is 0 Å². The van der Waals surface area contributed by atoms with Crippen molar-refractivity contribution in [3.63, 3.8) is 0 Å². The minimum absolute atomic E-state index is 0.0484. The van der Waals surface area contributed by atoms with Crippen molar-refractivity contribution in [3.8, 4) is 0 Å². The van der Waals surface area contributed by atoms with E-state index in [2.05, 4.69) is 74.6 Å². The molecule has 286 valence electrons. The number of nitrogens with zero attached hydrogens (tertiary/aromatic N) is 1.